The molecule has 78 heavy (non-hydrogen) atoms. The summed E-state index contributed by atoms with van der Waals surface area (Å²) in [5.74, 6) is 1.85. The van der Waals surface area contributed by atoms with Crippen LogP contribution in [0.4, 0.5) is 5.69 Å². The van der Waals surface area contributed by atoms with Crippen molar-refractivity contribution in [2.75, 3.05) is 5.32 Å². The third-order valence-corrected chi connectivity index (χ3v) is 16.9. The molecule has 3 aliphatic rings. The molecule has 1 unspecified atom stereocenters. The van der Waals surface area contributed by atoms with Gasteiger partial charge in [0.05, 0.1) is 5.56 Å². The van der Waals surface area contributed by atoms with Crippen LogP contribution in [0.2, 0.25) is 0 Å². The number of amides is 1. The summed E-state index contributed by atoms with van der Waals surface area (Å²) in [6.45, 7) is 2.28. The molecule has 0 bridgehead atoms. The van der Waals surface area contributed by atoms with E-state index in [0.29, 0.717) is 28.5 Å². The van der Waals surface area contributed by atoms with Crippen molar-refractivity contribution in [3.05, 3.63) is 275 Å². The molecular weight excluding hydrogens is 955 g/mol. The van der Waals surface area contributed by atoms with Crippen LogP contribution in [0.3, 0.4) is 0 Å². The lowest BCUT2D eigenvalue weighted by molar-refractivity contribution is 0.0734. The van der Waals surface area contributed by atoms with E-state index in [9.17, 15) is 9.59 Å². The summed E-state index contributed by atoms with van der Waals surface area (Å²) < 4.78 is 13.4. The number of fused-ring (bicyclic) bond motifs is 10. The summed E-state index contributed by atoms with van der Waals surface area (Å²) in [6.07, 6.45) is 15.2. The fourth-order valence-corrected chi connectivity index (χ4v) is 12.9. The molecule has 13 rings (SSSR count). The fraction of sp³-hybridized carbons (Fsp3) is 0.178. The second-order valence-corrected chi connectivity index (χ2v) is 21.6. The standard InChI is InChI=1S/C73H61NO4/c1-2-3-7-16-48-25-27-49(28-26-48)50-29-31-51(32-30-50)52-33-35-56(36-34-52)72(76)77-60-41-37-55(38-42-60)71(75)74-59-40-44-62-65(47-59)69-66(54-18-8-4-9-19-54)63-43-39-53-17-14-15-24-61(53)67(63)68(69)64-45-46-73(78-70(62)64,57-20-10-5-11-21-57)58-22-12-6-13-23-58/h4-6,8-15,17-24,29-49,66H,2-3,7,16,25-28H2,1H3,(H,74,75)/t48-,49-,66?. The van der Waals surface area contributed by atoms with Gasteiger partial charge >= 0.3 is 5.97 Å². The maximum Gasteiger partial charge on any atom is 0.343 e. The van der Waals surface area contributed by atoms with Gasteiger partial charge in [0.2, 0.25) is 0 Å². The predicted octanol–water partition coefficient (Wildman–Crippen LogP) is 18.5. The number of nitrogens with one attached hydrogen (secondary N) is 1. The van der Waals surface area contributed by atoms with E-state index in [4.69, 9.17) is 9.47 Å². The van der Waals surface area contributed by atoms with E-state index < -0.39 is 11.6 Å². The van der Waals surface area contributed by atoms with Gasteiger partial charge in [0, 0.05) is 39.2 Å². The number of anilines is 1. The second kappa shape index (κ2) is 21.0. The van der Waals surface area contributed by atoms with Gasteiger partial charge < -0.3 is 14.8 Å². The lowest BCUT2D eigenvalue weighted by Gasteiger charge is -2.37. The molecule has 382 valence electrons. The number of unbranched alkanes of at least 4 members (excludes halogenated alkanes) is 2. The van der Waals surface area contributed by atoms with E-state index in [1.54, 1.807) is 24.3 Å². The van der Waals surface area contributed by atoms with Crippen molar-refractivity contribution >= 4 is 45.2 Å². The molecule has 1 aliphatic heterocycles. The van der Waals surface area contributed by atoms with Crippen molar-refractivity contribution in [2.24, 2.45) is 5.92 Å². The van der Waals surface area contributed by atoms with Crippen molar-refractivity contribution in [3.63, 3.8) is 0 Å². The Morgan fingerprint density at radius 1 is 0.577 bits per heavy atom. The van der Waals surface area contributed by atoms with Crippen LogP contribution in [0.15, 0.2) is 224 Å². The Hall–Kier alpha value is -8.80. The number of carbonyl (C=O) groups is 2. The van der Waals surface area contributed by atoms with Gasteiger partial charge in [0.1, 0.15) is 11.5 Å². The van der Waals surface area contributed by atoms with Gasteiger partial charge in [0.15, 0.2) is 5.60 Å². The third kappa shape index (κ3) is 9.07. The van der Waals surface area contributed by atoms with Gasteiger partial charge in [-0.15, -0.1) is 0 Å². The Kier molecular flexibility index (Phi) is 13.1. The lowest BCUT2D eigenvalue weighted by atomic mass is 9.77. The van der Waals surface area contributed by atoms with E-state index in [0.717, 1.165) is 55.8 Å². The molecule has 0 radical (unpaired) electrons. The molecule has 10 aromatic rings. The van der Waals surface area contributed by atoms with Crippen LogP contribution in [0, 0.1) is 5.92 Å². The zero-order valence-electron chi connectivity index (χ0n) is 44.0. The van der Waals surface area contributed by atoms with Gasteiger partial charge in [-0.2, -0.15) is 0 Å². The Balaban J connectivity index is 0.778. The number of ether oxygens (including phenoxy) is 2. The van der Waals surface area contributed by atoms with Crippen molar-refractivity contribution in [1.82, 2.24) is 0 Å². The second-order valence-electron chi connectivity index (χ2n) is 21.6. The van der Waals surface area contributed by atoms with Gasteiger partial charge in [0.25, 0.3) is 5.91 Å². The largest absolute Gasteiger partial charge is 0.472 e. The van der Waals surface area contributed by atoms with Crippen molar-refractivity contribution in [1.29, 1.82) is 0 Å². The van der Waals surface area contributed by atoms with E-state index in [2.05, 4.69) is 176 Å². The average Bonchev–Trinajstić information content (AvgIpc) is 3.91. The lowest BCUT2D eigenvalue weighted by Crippen LogP contribution is -2.34. The topological polar surface area (TPSA) is 64.6 Å². The smallest absolute Gasteiger partial charge is 0.343 e. The number of rotatable bonds is 13. The molecular formula is C73H61NO4. The first-order chi connectivity index (χ1) is 38.4. The Morgan fingerprint density at radius 3 is 1.91 bits per heavy atom. The quantitative estimate of drug-likeness (QED) is 0.0710. The summed E-state index contributed by atoms with van der Waals surface area (Å²) in [6, 6.07) is 74.2. The van der Waals surface area contributed by atoms with Crippen LogP contribution in [-0.4, -0.2) is 11.9 Å². The normalized spacial score (nSPS) is 16.9. The molecule has 1 heterocycles. The first kappa shape index (κ1) is 48.8. The fourth-order valence-electron chi connectivity index (χ4n) is 12.9. The number of esters is 1. The van der Waals surface area contributed by atoms with Crippen LogP contribution in [-0.2, 0) is 5.60 Å². The van der Waals surface area contributed by atoms with Gasteiger partial charge in [-0.05, 0) is 165 Å². The molecule has 10 aromatic carbocycles. The molecule has 1 atom stereocenters. The first-order valence-corrected chi connectivity index (χ1v) is 28.0. The molecule has 5 heteroatoms. The number of hydrogen-bond donors (Lipinski definition) is 1. The summed E-state index contributed by atoms with van der Waals surface area (Å²) in [4.78, 5) is 27.7. The maximum atomic E-state index is 14.2. The van der Waals surface area contributed by atoms with Crippen molar-refractivity contribution < 1.29 is 19.1 Å². The highest BCUT2D eigenvalue weighted by molar-refractivity contribution is 6.13. The number of hydrogen-bond acceptors (Lipinski definition) is 4. The molecule has 1 amide bonds. The first-order valence-electron chi connectivity index (χ1n) is 28.0. The molecule has 2 aliphatic carbocycles. The minimum absolute atomic E-state index is 0.0901. The highest BCUT2D eigenvalue weighted by Crippen LogP contribution is 2.59. The molecule has 0 spiro atoms. The van der Waals surface area contributed by atoms with Crippen molar-refractivity contribution in [2.45, 2.75) is 75.7 Å². The van der Waals surface area contributed by atoms with Gasteiger partial charge in [-0.3, -0.25) is 4.79 Å². The Labute approximate surface area is 457 Å². The predicted molar refractivity (Wildman–Crippen MR) is 318 cm³/mol. The molecule has 0 aromatic heterocycles. The highest BCUT2D eigenvalue weighted by atomic mass is 16.5. The van der Waals surface area contributed by atoms with Crippen LogP contribution >= 0.6 is 0 Å². The van der Waals surface area contributed by atoms with Crippen LogP contribution in [0.25, 0.3) is 49.9 Å². The van der Waals surface area contributed by atoms with E-state index >= 15 is 0 Å². The summed E-state index contributed by atoms with van der Waals surface area (Å²) >= 11 is 0. The average molecular weight is 1020 g/mol. The molecule has 1 saturated carbocycles. The van der Waals surface area contributed by atoms with Crippen LogP contribution in [0.5, 0.6) is 11.5 Å². The molecule has 1 N–H and O–H groups in total. The molecule has 5 nitrogen and oxygen atoms in total. The Morgan fingerprint density at radius 2 is 1.22 bits per heavy atom. The summed E-state index contributed by atoms with van der Waals surface area (Å²) in [5.41, 5.74) is 13.2. The number of benzene rings is 10. The minimum Gasteiger partial charge on any atom is -0.472 e. The molecule has 0 saturated heterocycles. The molecule has 1 fully saturated rings. The monoisotopic (exact) mass is 1020 g/mol. The SMILES string of the molecule is CCCCC[C@H]1CC[C@H](c2ccc(-c3ccc(C(=O)Oc4ccc(C(=O)Nc5ccc6c7c(c8c(c6c5)C(c5ccccc5)c5ccc6ccccc6c5-8)C=CC(c5ccccc5)(c5ccccc5)O7)cc4)cc3)cc2)CC1. The van der Waals surface area contributed by atoms with E-state index in [1.165, 1.54) is 90.0 Å². The summed E-state index contributed by atoms with van der Waals surface area (Å²) in [5, 5.41) is 7.53. The zero-order valence-corrected chi connectivity index (χ0v) is 44.0. The Bertz CT molecular complexity index is 3820. The highest BCUT2D eigenvalue weighted by Gasteiger charge is 2.42. The number of carbonyl (C=O) groups excluding carboxylic acids is 2. The maximum absolute atomic E-state index is 14.2. The van der Waals surface area contributed by atoms with Crippen LogP contribution in [0.1, 0.15) is 130 Å². The van der Waals surface area contributed by atoms with Crippen molar-refractivity contribution in [3.8, 4) is 33.8 Å². The van der Waals surface area contributed by atoms with Crippen LogP contribution < -0.4 is 14.8 Å². The van der Waals surface area contributed by atoms with E-state index in [-0.39, 0.29) is 11.8 Å². The summed E-state index contributed by atoms with van der Waals surface area (Å²) in [7, 11) is 0. The third-order valence-electron chi connectivity index (χ3n) is 16.9. The van der Waals surface area contributed by atoms with Gasteiger partial charge in [-0.25, -0.2) is 4.79 Å². The minimum atomic E-state index is -0.910. The van der Waals surface area contributed by atoms with Gasteiger partial charge in [-0.1, -0.05) is 196 Å². The van der Waals surface area contributed by atoms with E-state index in [1.807, 2.05) is 42.5 Å². The zero-order chi connectivity index (χ0) is 52.6.